The maximum atomic E-state index is 11.6. The molecule has 17 heavy (non-hydrogen) atoms. The smallest absolute Gasteiger partial charge is 0.178 e. The van der Waals surface area contributed by atoms with Gasteiger partial charge in [0.1, 0.15) is 0 Å². The summed E-state index contributed by atoms with van der Waals surface area (Å²) in [6.45, 7) is 3.63. The summed E-state index contributed by atoms with van der Waals surface area (Å²) < 4.78 is 23.2. The Balaban J connectivity index is 2.86. The maximum absolute atomic E-state index is 11.6. The SMILES string of the molecule is C#CC(CC)Nc1ccc(S(=O)(=O)CC)cc1. The van der Waals surface area contributed by atoms with Crippen LogP contribution in [-0.2, 0) is 9.84 Å². The van der Waals surface area contributed by atoms with E-state index in [1.165, 1.54) is 0 Å². The van der Waals surface area contributed by atoms with E-state index in [4.69, 9.17) is 6.42 Å². The average Bonchev–Trinajstić information content (AvgIpc) is 2.36. The Kier molecular flexibility index (Phi) is 4.59. The van der Waals surface area contributed by atoms with Crippen LogP contribution in [-0.4, -0.2) is 20.2 Å². The number of hydrogen-bond donors (Lipinski definition) is 1. The highest BCUT2D eigenvalue weighted by Crippen LogP contribution is 2.16. The molecular weight excluding hydrogens is 234 g/mol. The van der Waals surface area contributed by atoms with E-state index in [9.17, 15) is 8.42 Å². The van der Waals surface area contributed by atoms with Crippen molar-refractivity contribution in [2.24, 2.45) is 0 Å². The summed E-state index contributed by atoms with van der Waals surface area (Å²) in [5, 5.41) is 3.14. The highest BCUT2D eigenvalue weighted by Gasteiger charge is 2.11. The van der Waals surface area contributed by atoms with Crippen molar-refractivity contribution >= 4 is 15.5 Å². The van der Waals surface area contributed by atoms with E-state index in [-0.39, 0.29) is 11.8 Å². The molecule has 1 rings (SSSR count). The molecule has 1 unspecified atom stereocenters. The monoisotopic (exact) mass is 251 g/mol. The van der Waals surface area contributed by atoms with Gasteiger partial charge in [0.15, 0.2) is 9.84 Å². The van der Waals surface area contributed by atoms with Crippen LogP contribution in [0.1, 0.15) is 20.3 Å². The van der Waals surface area contributed by atoms with E-state index in [1.807, 2.05) is 6.92 Å². The molecule has 0 heterocycles. The summed E-state index contributed by atoms with van der Waals surface area (Å²) >= 11 is 0. The molecule has 0 aromatic heterocycles. The second kappa shape index (κ2) is 5.74. The number of terminal acetylenes is 1. The summed E-state index contributed by atoms with van der Waals surface area (Å²) in [5.41, 5.74) is 0.838. The van der Waals surface area contributed by atoms with Gasteiger partial charge in [-0.15, -0.1) is 6.42 Å². The quantitative estimate of drug-likeness (QED) is 0.817. The van der Waals surface area contributed by atoms with Crippen LogP contribution in [0.2, 0.25) is 0 Å². The molecule has 92 valence electrons. The van der Waals surface area contributed by atoms with Gasteiger partial charge in [-0.1, -0.05) is 19.8 Å². The number of rotatable bonds is 5. The lowest BCUT2D eigenvalue weighted by atomic mass is 10.2. The second-order valence-corrected chi connectivity index (χ2v) is 5.98. The van der Waals surface area contributed by atoms with Crippen LogP contribution in [0, 0.1) is 12.3 Å². The fraction of sp³-hybridized carbons (Fsp3) is 0.385. The lowest BCUT2D eigenvalue weighted by molar-refractivity contribution is 0.597. The van der Waals surface area contributed by atoms with Crippen LogP contribution in [0.3, 0.4) is 0 Å². The Hall–Kier alpha value is -1.47. The van der Waals surface area contributed by atoms with Crippen molar-refractivity contribution in [1.82, 2.24) is 0 Å². The minimum Gasteiger partial charge on any atom is -0.372 e. The van der Waals surface area contributed by atoms with Crippen molar-refractivity contribution in [3.8, 4) is 12.3 Å². The van der Waals surface area contributed by atoms with Crippen molar-refractivity contribution in [3.63, 3.8) is 0 Å². The number of anilines is 1. The summed E-state index contributed by atoms with van der Waals surface area (Å²) in [5.74, 6) is 2.74. The van der Waals surface area contributed by atoms with Gasteiger partial charge >= 0.3 is 0 Å². The maximum Gasteiger partial charge on any atom is 0.178 e. The highest BCUT2D eigenvalue weighted by molar-refractivity contribution is 7.91. The standard InChI is InChI=1S/C13H17NO2S/c1-4-11(5-2)14-12-7-9-13(10-8-12)17(15,16)6-3/h1,7-11,14H,5-6H2,2-3H3. The normalized spacial score (nSPS) is 12.8. The first-order chi connectivity index (χ1) is 8.03. The number of nitrogens with one attached hydrogen (secondary N) is 1. The number of hydrogen-bond acceptors (Lipinski definition) is 3. The van der Waals surface area contributed by atoms with Gasteiger partial charge in [0.2, 0.25) is 0 Å². The minimum atomic E-state index is -3.12. The van der Waals surface area contributed by atoms with Gasteiger partial charge in [0.05, 0.1) is 16.7 Å². The molecule has 0 saturated heterocycles. The van der Waals surface area contributed by atoms with Gasteiger partial charge in [-0.05, 0) is 30.7 Å². The molecule has 3 nitrogen and oxygen atoms in total. The predicted molar refractivity (Wildman–Crippen MR) is 70.7 cm³/mol. The van der Waals surface area contributed by atoms with E-state index < -0.39 is 9.84 Å². The molecule has 1 aromatic carbocycles. The van der Waals surface area contributed by atoms with Gasteiger partial charge in [-0.2, -0.15) is 0 Å². The molecule has 1 atom stereocenters. The summed E-state index contributed by atoms with van der Waals surface area (Å²) in [6, 6.07) is 6.66. The lowest BCUT2D eigenvalue weighted by Gasteiger charge is -2.12. The van der Waals surface area contributed by atoms with Crippen molar-refractivity contribution in [2.45, 2.75) is 31.2 Å². The third-order valence-corrected chi connectivity index (χ3v) is 4.29. The van der Waals surface area contributed by atoms with Gasteiger partial charge in [-0.25, -0.2) is 8.42 Å². The third kappa shape index (κ3) is 3.50. The Bertz CT molecular complexity index is 497. The molecule has 0 aliphatic heterocycles. The fourth-order valence-corrected chi connectivity index (χ4v) is 2.27. The first-order valence-electron chi connectivity index (χ1n) is 5.59. The van der Waals surface area contributed by atoms with Crippen molar-refractivity contribution in [3.05, 3.63) is 24.3 Å². The molecule has 0 saturated carbocycles. The highest BCUT2D eigenvalue weighted by atomic mass is 32.2. The zero-order chi connectivity index (χ0) is 12.9. The third-order valence-electron chi connectivity index (χ3n) is 2.54. The molecule has 1 N–H and O–H groups in total. The fourth-order valence-electron chi connectivity index (χ4n) is 1.39. The van der Waals surface area contributed by atoms with Crippen LogP contribution in [0.15, 0.2) is 29.2 Å². The Labute approximate surface area is 103 Å². The van der Waals surface area contributed by atoms with Crippen molar-refractivity contribution < 1.29 is 8.42 Å². The first-order valence-corrected chi connectivity index (χ1v) is 7.24. The van der Waals surface area contributed by atoms with E-state index in [0.717, 1.165) is 12.1 Å². The zero-order valence-corrected chi connectivity index (χ0v) is 10.9. The van der Waals surface area contributed by atoms with Gasteiger partial charge in [-0.3, -0.25) is 0 Å². The van der Waals surface area contributed by atoms with Crippen LogP contribution >= 0.6 is 0 Å². The van der Waals surface area contributed by atoms with E-state index in [1.54, 1.807) is 31.2 Å². The zero-order valence-electron chi connectivity index (χ0n) is 10.1. The van der Waals surface area contributed by atoms with Gasteiger partial charge in [0.25, 0.3) is 0 Å². The molecule has 0 aliphatic rings. The summed E-state index contributed by atoms with van der Waals surface area (Å²) in [6.07, 6.45) is 6.17. The molecule has 0 amide bonds. The number of sulfone groups is 1. The second-order valence-electron chi connectivity index (χ2n) is 3.70. The van der Waals surface area contributed by atoms with Crippen molar-refractivity contribution in [1.29, 1.82) is 0 Å². The van der Waals surface area contributed by atoms with Crippen LogP contribution in [0.4, 0.5) is 5.69 Å². The first kappa shape index (κ1) is 13.6. The number of benzene rings is 1. The molecule has 0 aliphatic carbocycles. The van der Waals surface area contributed by atoms with Crippen molar-refractivity contribution in [2.75, 3.05) is 11.1 Å². The van der Waals surface area contributed by atoms with Gasteiger partial charge < -0.3 is 5.32 Å². The largest absolute Gasteiger partial charge is 0.372 e. The molecule has 4 heteroatoms. The molecule has 1 aromatic rings. The van der Waals surface area contributed by atoms with E-state index in [2.05, 4.69) is 11.2 Å². The van der Waals surface area contributed by atoms with Crippen LogP contribution in [0.25, 0.3) is 0 Å². The van der Waals surface area contributed by atoms with E-state index >= 15 is 0 Å². The molecule has 0 bridgehead atoms. The predicted octanol–water partition coefficient (Wildman–Crippen LogP) is 2.30. The Morgan fingerprint density at radius 2 is 1.88 bits per heavy atom. The lowest BCUT2D eigenvalue weighted by Crippen LogP contribution is -2.15. The van der Waals surface area contributed by atoms with Gasteiger partial charge in [0, 0.05) is 5.69 Å². The Morgan fingerprint density at radius 3 is 2.29 bits per heavy atom. The van der Waals surface area contributed by atoms with E-state index in [0.29, 0.717) is 4.90 Å². The van der Waals surface area contributed by atoms with Crippen LogP contribution in [0.5, 0.6) is 0 Å². The molecule has 0 radical (unpaired) electrons. The minimum absolute atomic E-state index is 0.0244. The summed E-state index contributed by atoms with van der Waals surface area (Å²) in [7, 11) is -3.12. The molecule has 0 spiro atoms. The molecule has 0 fully saturated rings. The van der Waals surface area contributed by atoms with Crippen LogP contribution < -0.4 is 5.32 Å². The Morgan fingerprint density at radius 1 is 1.29 bits per heavy atom. The average molecular weight is 251 g/mol. The topological polar surface area (TPSA) is 46.2 Å². The summed E-state index contributed by atoms with van der Waals surface area (Å²) in [4.78, 5) is 0.347. The molecular formula is C13H17NO2S.